The summed E-state index contributed by atoms with van der Waals surface area (Å²) in [7, 11) is 0. The second kappa shape index (κ2) is 8.39. The van der Waals surface area contributed by atoms with Gasteiger partial charge in [-0.25, -0.2) is 9.59 Å². The topological polar surface area (TPSA) is 136 Å². The summed E-state index contributed by atoms with van der Waals surface area (Å²) in [6.45, 7) is 1.09. The number of amides is 1. The quantitative estimate of drug-likeness (QED) is 0.361. The van der Waals surface area contributed by atoms with E-state index in [0.717, 1.165) is 18.2 Å². The van der Waals surface area contributed by atoms with Gasteiger partial charge in [-0.05, 0) is 43.3 Å². The van der Waals surface area contributed by atoms with Crippen molar-refractivity contribution in [2.45, 2.75) is 6.92 Å². The van der Waals surface area contributed by atoms with Gasteiger partial charge >= 0.3 is 17.3 Å². The zero-order valence-electron chi connectivity index (χ0n) is 15.5. The van der Waals surface area contributed by atoms with Crippen molar-refractivity contribution < 1.29 is 23.6 Å². The number of esters is 1. The second-order valence-corrected chi connectivity index (χ2v) is 6.17. The number of anilines is 1. The molecule has 2 aromatic carbocycles. The molecule has 30 heavy (non-hydrogen) atoms. The predicted molar refractivity (Wildman–Crippen MR) is 103 cm³/mol. The van der Waals surface area contributed by atoms with Gasteiger partial charge in [0.15, 0.2) is 6.61 Å². The van der Waals surface area contributed by atoms with Crippen LogP contribution in [0.3, 0.4) is 0 Å². The molecule has 0 saturated heterocycles. The van der Waals surface area contributed by atoms with Crippen molar-refractivity contribution in [1.29, 1.82) is 0 Å². The van der Waals surface area contributed by atoms with Crippen LogP contribution in [0.5, 0.6) is 0 Å². The van der Waals surface area contributed by atoms with Crippen molar-refractivity contribution in [3.8, 4) is 5.69 Å². The summed E-state index contributed by atoms with van der Waals surface area (Å²) in [4.78, 5) is 48.2. The van der Waals surface area contributed by atoms with Crippen LogP contribution in [0.15, 0.2) is 53.5 Å². The van der Waals surface area contributed by atoms with Gasteiger partial charge in [-0.15, -0.1) is 0 Å². The molecule has 3 aromatic rings. The van der Waals surface area contributed by atoms with E-state index in [4.69, 9.17) is 4.74 Å². The number of rotatable bonds is 6. The molecule has 154 valence electrons. The van der Waals surface area contributed by atoms with Crippen LogP contribution >= 0.6 is 0 Å². The molecule has 0 unspecified atom stereocenters. The Labute approximate surface area is 168 Å². The zero-order chi connectivity index (χ0) is 21.8. The van der Waals surface area contributed by atoms with Gasteiger partial charge < -0.3 is 15.0 Å². The van der Waals surface area contributed by atoms with E-state index in [-0.39, 0.29) is 16.9 Å². The molecule has 0 spiro atoms. The van der Waals surface area contributed by atoms with E-state index >= 15 is 0 Å². The average Bonchev–Trinajstić information content (AvgIpc) is 3.05. The molecule has 11 heteroatoms. The summed E-state index contributed by atoms with van der Waals surface area (Å²) in [5.74, 6) is -2.57. The molecule has 0 bridgehead atoms. The Balaban J connectivity index is 1.60. The summed E-state index contributed by atoms with van der Waals surface area (Å²) >= 11 is 0. The Morgan fingerprint density at radius 2 is 1.93 bits per heavy atom. The third-order valence-corrected chi connectivity index (χ3v) is 4.08. The third-order valence-electron chi connectivity index (χ3n) is 4.08. The Morgan fingerprint density at radius 3 is 2.53 bits per heavy atom. The first-order valence-corrected chi connectivity index (χ1v) is 8.54. The lowest BCUT2D eigenvalue weighted by Crippen LogP contribution is -2.21. The molecule has 0 fully saturated rings. The summed E-state index contributed by atoms with van der Waals surface area (Å²) in [5, 5.41) is 13.0. The number of benzene rings is 2. The first kappa shape index (κ1) is 20.5. The summed E-state index contributed by atoms with van der Waals surface area (Å²) in [6, 6.07) is 8.84. The normalized spacial score (nSPS) is 10.5. The van der Waals surface area contributed by atoms with Crippen molar-refractivity contribution in [3.63, 3.8) is 0 Å². The highest BCUT2D eigenvalue weighted by Crippen LogP contribution is 2.21. The number of nitrogens with one attached hydrogen (secondary N) is 2. The summed E-state index contributed by atoms with van der Waals surface area (Å²) < 4.78 is 19.6. The fraction of sp³-hybridized carbons (Fsp3) is 0.105. The highest BCUT2D eigenvalue weighted by molar-refractivity contribution is 5.95. The SMILES string of the molecule is Cc1c[nH]c(=O)n1-c1ccc(C(=O)OCC(=O)Nc2ccc(F)c([N+](=O)[O-])c2)cc1. The molecule has 0 atom stereocenters. The lowest BCUT2D eigenvalue weighted by Gasteiger charge is -2.08. The number of nitrogens with zero attached hydrogens (tertiary/aromatic N) is 2. The van der Waals surface area contributed by atoms with Crippen molar-refractivity contribution in [2.24, 2.45) is 0 Å². The van der Waals surface area contributed by atoms with Crippen molar-refractivity contribution in [3.05, 3.63) is 86.3 Å². The molecular formula is C19H15FN4O6. The van der Waals surface area contributed by atoms with Gasteiger partial charge in [0.25, 0.3) is 5.91 Å². The molecule has 0 aliphatic carbocycles. The van der Waals surface area contributed by atoms with Gasteiger partial charge in [-0.2, -0.15) is 4.39 Å². The van der Waals surface area contributed by atoms with E-state index < -0.39 is 34.9 Å². The third kappa shape index (κ3) is 4.41. The van der Waals surface area contributed by atoms with Gasteiger partial charge in [-0.1, -0.05) is 0 Å². The van der Waals surface area contributed by atoms with E-state index in [1.165, 1.54) is 16.7 Å². The lowest BCUT2D eigenvalue weighted by atomic mass is 10.2. The number of ether oxygens (including phenoxy) is 1. The highest BCUT2D eigenvalue weighted by atomic mass is 19.1. The number of H-pyrrole nitrogens is 1. The van der Waals surface area contributed by atoms with Crippen LogP contribution in [0.4, 0.5) is 15.8 Å². The maximum Gasteiger partial charge on any atom is 0.338 e. The van der Waals surface area contributed by atoms with Crippen LogP contribution in [0.2, 0.25) is 0 Å². The summed E-state index contributed by atoms with van der Waals surface area (Å²) in [5.41, 5.74) is 0.271. The monoisotopic (exact) mass is 414 g/mol. The van der Waals surface area contributed by atoms with E-state index in [0.29, 0.717) is 11.4 Å². The Bertz CT molecular complexity index is 1180. The maximum atomic E-state index is 13.3. The van der Waals surface area contributed by atoms with E-state index in [1.54, 1.807) is 25.3 Å². The van der Waals surface area contributed by atoms with Gasteiger partial charge in [0.2, 0.25) is 5.82 Å². The smallest absolute Gasteiger partial charge is 0.338 e. The number of carbonyl (C=O) groups is 2. The standard InChI is InChI=1S/C19H15FN4O6/c1-11-9-21-19(27)23(11)14-5-2-12(3-6-14)18(26)30-10-17(25)22-13-4-7-15(20)16(8-13)24(28)29/h2-9H,10H2,1H3,(H,21,27)(H,22,25). The fourth-order valence-electron chi connectivity index (χ4n) is 2.66. The van der Waals surface area contributed by atoms with Crippen molar-refractivity contribution >= 4 is 23.3 Å². The highest BCUT2D eigenvalue weighted by Gasteiger charge is 2.16. The van der Waals surface area contributed by atoms with Crippen LogP contribution in [-0.4, -0.2) is 33.0 Å². The number of hydrogen-bond donors (Lipinski definition) is 2. The number of aromatic nitrogens is 2. The minimum Gasteiger partial charge on any atom is -0.452 e. The number of nitro benzene ring substituents is 1. The molecule has 0 aliphatic rings. The molecule has 0 radical (unpaired) electrons. The van der Waals surface area contributed by atoms with Crippen molar-refractivity contribution in [1.82, 2.24) is 9.55 Å². The predicted octanol–water partition coefficient (Wildman–Crippen LogP) is 2.32. The van der Waals surface area contributed by atoms with Crippen molar-refractivity contribution in [2.75, 3.05) is 11.9 Å². The van der Waals surface area contributed by atoms with Gasteiger partial charge in [-0.3, -0.25) is 19.5 Å². The number of imidazole rings is 1. The second-order valence-electron chi connectivity index (χ2n) is 6.17. The Kier molecular flexibility index (Phi) is 5.72. The van der Waals surface area contributed by atoms with Gasteiger partial charge in [0.05, 0.1) is 16.2 Å². The maximum absolute atomic E-state index is 13.3. The van der Waals surface area contributed by atoms with E-state index in [1.807, 2.05) is 0 Å². The number of aryl methyl sites for hydroxylation is 1. The van der Waals surface area contributed by atoms with Crippen LogP contribution in [0.25, 0.3) is 5.69 Å². The largest absolute Gasteiger partial charge is 0.452 e. The fourth-order valence-corrected chi connectivity index (χ4v) is 2.66. The number of hydrogen-bond acceptors (Lipinski definition) is 6. The number of nitro groups is 1. The minimum atomic E-state index is -1.04. The van der Waals surface area contributed by atoms with Crippen LogP contribution < -0.4 is 11.0 Å². The van der Waals surface area contributed by atoms with Gasteiger partial charge in [0.1, 0.15) is 0 Å². The Hall–Kier alpha value is -4.28. The Morgan fingerprint density at radius 1 is 1.23 bits per heavy atom. The van der Waals surface area contributed by atoms with E-state index in [2.05, 4.69) is 10.3 Å². The molecule has 0 saturated carbocycles. The van der Waals surface area contributed by atoms with Crippen LogP contribution in [-0.2, 0) is 9.53 Å². The minimum absolute atomic E-state index is 0.0131. The molecule has 10 nitrogen and oxygen atoms in total. The van der Waals surface area contributed by atoms with Crippen LogP contribution in [0, 0.1) is 22.9 Å². The number of aromatic amines is 1. The van der Waals surface area contributed by atoms with E-state index in [9.17, 15) is 28.9 Å². The molecule has 3 rings (SSSR count). The van der Waals surface area contributed by atoms with Crippen LogP contribution in [0.1, 0.15) is 16.1 Å². The number of halogens is 1. The average molecular weight is 414 g/mol. The summed E-state index contributed by atoms with van der Waals surface area (Å²) in [6.07, 6.45) is 1.55. The lowest BCUT2D eigenvalue weighted by molar-refractivity contribution is -0.387. The first-order chi connectivity index (χ1) is 14.3. The molecule has 1 heterocycles. The van der Waals surface area contributed by atoms with Gasteiger partial charge in [0, 0.05) is 23.6 Å². The molecule has 1 aromatic heterocycles. The zero-order valence-corrected chi connectivity index (χ0v) is 15.5. The first-order valence-electron chi connectivity index (χ1n) is 8.54. The molecular weight excluding hydrogens is 399 g/mol. The molecule has 2 N–H and O–H groups in total. The molecule has 1 amide bonds. The number of carbonyl (C=O) groups excluding carboxylic acids is 2. The molecule has 0 aliphatic heterocycles.